The first-order valence-electron chi connectivity index (χ1n) is 4.79. The maximum atomic E-state index is 10.7. The van der Waals surface area contributed by atoms with Crippen LogP contribution < -0.4 is 0 Å². The minimum Gasteiger partial charge on any atom is -0.258 e. The number of hydrogen-bond donors (Lipinski definition) is 0. The molecule has 5 nitrogen and oxygen atoms in total. The normalized spacial score (nSPS) is 11.4. The molecule has 0 saturated carbocycles. The van der Waals surface area contributed by atoms with Crippen molar-refractivity contribution in [2.24, 2.45) is 0 Å². The van der Waals surface area contributed by atoms with Crippen molar-refractivity contribution < 1.29 is 13.3 Å². The van der Waals surface area contributed by atoms with Crippen LogP contribution in [0.15, 0.2) is 29.2 Å². The molecule has 1 rings (SSSR count). The quantitative estimate of drug-likeness (QED) is 0.273. The first kappa shape index (κ1) is 17.4. The molecule has 102 valence electrons. The SMILES string of the molecule is C[Si](C)(C)Cl.O=[N+]([O-])c1ccc(S(=O)(=O)Cl)cc1. The van der Waals surface area contributed by atoms with E-state index in [0.717, 1.165) is 24.3 Å². The fourth-order valence-electron chi connectivity index (χ4n) is 0.730. The molecule has 1 aromatic carbocycles. The monoisotopic (exact) mass is 329 g/mol. The van der Waals surface area contributed by atoms with Gasteiger partial charge in [-0.2, -0.15) is 11.1 Å². The van der Waals surface area contributed by atoms with Gasteiger partial charge in [-0.15, -0.1) is 0 Å². The summed E-state index contributed by atoms with van der Waals surface area (Å²) in [7, 11) is 0.0583. The van der Waals surface area contributed by atoms with Crippen LogP contribution >= 0.6 is 21.8 Å². The molecule has 0 heterocycles. The molecular formula is C9H13Cl2NO4SSi. The van der Waals surface area contributed by atoms with Gasteiger partial charge in [0.2, 0.25) is 0 Å². The zero-order valence-electron chi connectivity index (χ0n) is 10.1. The summed E-state index contributed by atoms with van der Waals surface area (Å²) in [4.78, 5) is 9.41. The fourth-order valence-corrected chi connectivity index (χ4v) is 1.50. The van der Waals surface area contributed by atoms with Gasteiger partial charge in [-0.25, -0.2) is 8.42 Å². The Hall–Kier alpha value is -0.633. The zero-order chi connectivity index (χ0) is 14.6. The summed E-state index contributed by atoms with van der Waals surface area (Å²) in [5.41, 5.74) is -0.177. The molecule has 1 aromatic rings. The Labute approximate surface area is 116 Å². The predicted molar refractivity (Wildman–Crippen MR) is 75.3 cm³/mol. The van der Waals surface area contributed by atoms with Gasteiger partial charge >= 0.3 is 0 Å². The van der Waals surface area contributed by atoms with Crippen LogP contribution in [0.25, 0.3) is 0 Å². The summed E-state index contributed by atoms with van der Waals surface area (Å²) < 4.78 is 21.4. The van der Waals surface area contributed by atoms with Gasteiger partial charge in [0.1, 0.15) is 7.38 Å². The molecule has 0 saturated heterocycles. The number of nitro groups is 1. The Morgan fingerprint density at radius 2 is 1.50 bits per heavy atom. The van der Waals surface area contributed by atoms with E-state index < -0.39 is 21.4 Å². The fraction of sp³-hybridized carbons (Fsp3) is 0.333. The van der Waals surface area contributed by atoms with E-state index in [-0.39, 0.29) is 10.6 Å². The highest BCUT2D eigenvalue weighted by molar-refractivity contribution is 8.13. The second-order valence-corrected chi connectivity index (χ2v) is 14.4. The van der Waals surface area contributed by atoms with E-state index in [9.17, 15) is 18.5 Å². The number of rotatable bonds is 2. The molecule has 18 heavy (non-hydrogen) atoms. The van der Waals surface area contributed by atoms with E-state index in [1.165, 1.54) is 0 Å². The van der Waals surface area contributed by atoms with Crippen molar-refractivity contribution >= 4 is 43.9 Å². The van der Waals surface area contributed by atoms with Gasteiger partial charge in [0.05, 0.1) is 9.82 Å². The van der Waals surface area contributed by atoms with Crippen LogP contribution in [0.1, 0.15) is 0 Å². The van der Waals surface area contributed by atoms with E-state index >= 15 is 0 Å². The smallest absolute Gasteiger partial charge is 0.258 e. The standard InChI is InChI=1S/C6H4ClNO4S.C3H9ClSi/c7-13(11,12)6-3-1-5(2-4-6)8(9)10;1-5(2,3)4/h1-4H;1-3H3. The van der Waals surface area contributed by atoms with E-state index in [2.05, 4.69) is 19.6 Å². The van der Waals surface area contributed by atoms with Crippen molar-refractivity contribution in [2.75, 3.05) is 0 Å². The summed E-state index contributed by atoms with van der Waals surface area (Å²) in [5, 5.41) is 10.2. The lowest BCUT2D eigenvalue weighted by molar-refractivity contribution is -0.384. The first-order chi connectivity index (χ1) is 7.91. The minimum atomic E-state index is -3.80. The first-order valence-corrected chi connectivity index (χ1v) is 11.6. The molecule has 0 aliphatic rings. The largest absolute Gasteiger partial charge is 0.269 e. The van der Waals surface area contributed by atoms with E-state index in [0.29, 0.717) is 0 Å². The lowest BCUT2D eigenvalue weighted by Crippen LogP contribution is -2.06. The maximum absolute atomic E-state index is 10.7. The van der Waals surface area contributed by atoms with Crippen LogP contribution in [0.4, 0.5) is 5.69 Å². The molecule has 0 N–H and O–H groups in total. The van der Waals surface area contributed by atoms with Crippen LogP contribution in [0.2, 0.25) is 19.6 Å². The number of benzene rings is 1. The van der Waals surface area contributed by atoms with E-state index in [4.69, 9.17) is 21.8 Å². The number of nitrogens with zero attached hydrogens (tertiary/aromatic N) is 1. The number of hydrogen-bond acceptors (Lipinski definition) is 4. The Morgan fingerprint density at radius 1 is 1.17 bits per heavy atom. The molecule has 0 spiro atoms. The highest BCUT2D eigenvalue weighted by Gasteiger charge is 2.11. The summed E-state index contributed by atoms with van der Waals surface area (Å²) in [6.07, 6.45) is 0. The zero-order valence-corrected chi connectivity index (χ0v) is 13.4. The molecule has 0 fully saturated rings. The van der Waals surface area contributed by atoms with Crippen LogP contribution in [-0.2, 0) is 9.05 Å². The molecule has 0 radical (unpaired) electrons. The Morgan fingerprint density at radius 3 is 1.72 bits per heavy atom. The highest BCUT2D eigenvalue weighted by atomic mass is 35.7. The van der Waals surface area contributed by atoms with Gasteiger partial charge < -0.3 is 0 Å². The second-order valence-electron chi connectivity index (χ2n) is 4.26. The van der Waals surface area contributed by atoms with Gasteiger partial charge in [-0.3, -0.25) is 10.1 Å². The van der Waals surface area contributed by atoms with Crippen molar-refractivity contribution in [3.8, 4) is 0 Å². The Kier molecular flexibility index (Phi) is 6.28. The number of halogens is 2. The van der Waals surface area contributed by atoms with Crippen molar-refractivity contribution in [1.82, 2.24) is 0 Å². The Bertz CT molecular complexity index is 504. The molecule has 0 aliphatic carbocycles. The molecule has 0 atom stereocenters. The average Bonchev–Trinajstić information content (AvgIpc) is 2.14. The molecule has 0 aliphatic heterocycles. The topological polar surface area (TPSA) is 77.3 Å². The summed E-state index contributed by atoms with van der Waals surface area (Å²) in [5.74, 6) is 0. The van der Waals surface area contributed by atoms with Gasteiger partial charge in [-0.05, 0) is 12.1 Å². The Balaban J connectivity index is 0.000000494. The number of non-ortho nitro benzene ring substituents is 1. The van der Waals surface area contributed by atoms with Crippen LogP contribution in [0.5, 0.6) is 0 Å². The van der Waals surface area contributed by atoms with Crippen molar-refractivity contribution in [3.63, 3.8) is 0 Å². The summed E-state index contributed by atoms with van der Waals surface area (Å²) in [6.45, 7) is 6.28. The minimum absolute atomic E-state index is 0.153. The molecule has 0 amide bonds. The molecular weight excluding hydrogens is 317 g/mol. The van der Waals surface area contributed by atoms with Gasteiger partial charge in [-0.1, -0.05) is 19.6 Å². The lowest BCUT2D eigenvalue weighted by atomic mass is 10.3. The maximum Gasteiger partial charge on any atom is 0.269 e. The number of nitro benzene ring substituents is 1. The van der Waals surface area contributed by atoms with Crippen LogP contribution in [0.3, 0.4) is 0 Å². The van der Waals surface area contributed by atoms with Gasteiger partial charge in [0.25, 0.3) is 14.7 Å². The third-order valence-electron chi connectivity index (χ3n) is 1.33. The van der Waals surface area contributed by atoms with Crippen molar-refractivity contribution in [3.05, 3.63) is 34.4 Å². The second kappa shape index (κ2) is 6.51. The highest BCUT2D eigenvalue weighted by Crippen LogP contribution is 2.18. The molecule has 0 bridgehead atoms. The molecule has 0 aromatic heterocycles. The summed E-state index contributed by atoms with van der Waals surface area (Å²) in [6, 6.07) is 4.32. The average molecular weight is 330 g/mol. The third kappa shape index (κ3) is 8.46. The predicted octanol–water partition coefficient (Wildman–Crippen LogP) is 3.58. The summed E-state index contributed by atoms with van der Waals surface area (Å²) >= 11 is 5.67. The third-order valence-corrected chi connectivity index (χ3v) is 2.70. The van der Waals surface area contributed by atoms with Crippen molar-refractivity contribution in [1.29, 1.82) is 0 Å². The van der Waals surface area contributed by atoms with E-state index in [1.807, 2.05) is 0 Å². The van der Waals surface area contributed by atoms with Gasteiger partial charge in [0, 0.05) is 22.8 Å². The van der Waals surface area contributed by atoms with Crippen LogP contribution in [0, 0.1) is 10.1 Å². The van der Waals surface area contributed by atoms with E-state index in [1.54, 1.807) is 0 Å². The van der Waals surface area contributed by atoms with Gasteiger partial charge in [0.15, 0.2) is 0 Å². The lowest BCUT2D eigenvalue weighted by Gasteiger charge is -1.97. The molecule has 0 unspecified atom stereocenters. The van der Waals surface area contributed by atoms with Crippen LogP contribution in [-0.4, -0.2) is 20.7 Å². The van der Waals surface area contributed by atoms with Crippen molar-refractivity contribution in [2.45, 2.75) is 24.5 Å². The molecule has 9 heteroatoms.